The Hall–Kier alpha value is -2.01. The molecule has 17 heavy (non-hydrogen) atoms. The molecular formula is C12H10N4S. The van der Waals surface area contributed by atoms with Gasteiger partial charge in [-0.2, -0.15) is 0 Å². The molecule has 0 radical (unpaired) electrons. The summed E-state index contributed by atoms with van der Waals surface area (Å²) in [6, 6.07) is 10.2. The van der Waals surface area contributed by atoms with E-state index in [1.807, 2.05) is 22.8 Å². The summed E-state index contributed by atoms with van der Waals surface area (Å²) in [5, 5.41) is 0. The van der Waals surface area contributed by atoms with Gasteiger partial charge in [0, 0.05) is 0 Å². The van der Waals surface area contributed by atoms with E-state index in [2.05, 4.69) is 27.1 Å². The molecule has 0 aliphatic carbocycles. The highest BCUT2D eigenvalue weighted by atomic mass is 32.1. The van der Waals surface area contributed by atoms with E-state index in [-0.39, 0.29) is 0 Å². The maximum atomic E-state index is 5.12. The molecular weight excluding hydrogens is 232 g/mol. The fraction of sp³-hybridized carbons (Fsp3) is 0.0833. The lowest BCUT2D eigenvalue weighted by Crippen LogP contribution is -1.99. The van der Waals surface area contributed by atoms with Gasteiger partial charge < -0.3 is 9.55 Å². The number of rotatable bonds is 2. The SMILES string of the molecule is S=c1nc[nH]c2c1ncn2Cc1ccccc1. The zero-order chi connectivity index (χ0) is 11.7. The minimum Gasteiger partial charge on any atom is -0.330 e. The van der Waals surface area contributed by atoms with Crippen LogP contribution >= 0.6 is 12.2 Å². The summed E-state index contributed by atoms with van der Waals surface area (Å²) >= 11 is 5.12. The average Bonchev–Trinajstić information content (AvgIpc) is 2.76. The van der Waals surface area contributed by atoms with Gasteiger partial charge in [0.15, 0.2) is 4.64 Å². The highest BCUT2D eigenvalue weighted by Crippen LogP contribution is 2.11. The molecule has 0 aliphatic heterocycles. The van der Waals surface area contributed by atoms with E-state index in [0.29, 0.717) is 4.64 Å². The number of aromatic amines is 1. The largest absolute Gasteiger partial charge is 0.330 e. The molecule has 0 atom stereocenters. The van der Waals surface area contributed by atoms with Crippen molar-refractivity contribution in [2.24, 2.45) is 0 Å². The molecule has 1 N–H and O–H groups in total. The van der Waals surface area contributed by atoms with Crippen LogP contribution in [0.2, 0.25) is 0 Å². The van der Waals surface area contributed by atoms with Gasteiger partial charge in [0.1, 0.15) is 11.2 Å². The molecule has 5 heteroatoms. The maximum Gasteiger partial charge on any atom is 0.157 e. The van der Waals surface area contributed by atoms with Gasteiger partial charge in [-0.3, -0.25) is 0 Å². The Labute approximate surface area is 103 Å². The molecule has 0 saturated heterocycles. The van der Waals surface area contributed by atoms with Crippen LogP contribution in [-0.2, 0) is 6.54 Å². The van der Waals surface area contributed by atoms with Crippen LogP contribution in [0.3, 0.4) is 0 Å². The molecule has 0 spiro atoms. The molecule has 0 amide bonds. The summed E-state index contributed by atoms with van der Waals surface area (Å²) in [4.78, 5) is 11.4. The second-order valence-corrected chi connectivity index (χ2v) is 4.15. The van der Waals surface area contributed by atoms with Crippen LogP contribution in [0.4, 0.5) is 0 Å². The number of imidazole rings is 1. The van der Waals surface area contributed by atoms with E-state index in [0.717, 1.165) is 17.7 Å². The van der Waals surface area contributed by atoms with Crippen LogP contribution in [-0.4, -0.2) is 19.5 Å². The van der Waals surface area contributed by atoms with Crippen molar-refractivity contribution in [2.45, 2.75) is 6.54 Å². The standard InChI is InChI=1S/C12H10N4S/c17-12-10-11(13-7-14-12)16(8-15-10)6-9-4-2-1-3-5-9/h1-5,7-8H,6H2,(H,13,14,17). The normalized spacial score (nSPS) is 10.8. The number of aromatic nitrogens is 4. The van der Waals surface area contributed by atoms with Crippen LogP contribution in [0.5, 0.6) is 0 Å². The fourth-order valence-corrected chi connectivity index (χ4v) is 2.01. The first-order chi connectivity index (χ1) is 8.34. The smallest absolute Gasteiger partial charge is 0.157 e. The highest BCUT2D eigenvalue weighted by molar-refractivity contribution is 7.71. The van der Waals surface area contributed by atoms with E-state index in [9.17, 15) is 0 Å². The molecule has 2 heterocycles. The van der Waals surface area contributed by atoms with E-state index >= 15 is 0 Å². The van der Waals surface area contributed by atoms with Crippen molar-refractivity contribution < 1.29 is 0 Å². The second kappa shape index (κ2) is 4.10. The van der Waals surface area contributed by atoms with Crippen LogP contribution in [0, 0.1) is 4.64 Å². The van der Waals surface area contributed by atoms with E-state index in [1.165, 1.54) is 5.56 Å². The number of hydrogen-bond donors (Lipinski definition) is 1. The number of hydrogen-bond acceptors (Lipinski definition) is 3. The number of H-pyrrole nitrogens is 1. The van der Waals surface area contributed by atoms with Crippen LogP contribution < -0.4 is 0 Å². The monoisotopic (exact) mass is 242 g/mol. The van der Waals surface area contributed by atoms with E-state index < -0.39 is 0 Å². The Morgan fingerprint density at radius 1 is 1.18 bits per heavy atom. The van der Waals surface area contributed by atoms with Gasteiger partial charge in [-0.15, -0.1) is 0 Å². The van der Waals surface area contributed by atoms with Gasteiger partial charge in [-0.1, -0.05) is 42.5 Å². The summed E-state index contributed by atoms with van der Waals surface area (Å²) in [7, 11) is 0. The molecule has 84 valence electrons. The first-order valence-corrected chi connectivity index (χ1v) is 5.68. The third-order valence-electron chi connectivity index (χ3n) is 2.62. The Morgan fingerprint density at radius 2 is 2.00 bits per heavy atom. The molecule has 3 rings (SSSR count). The summed E-state index contributed by atoms with van der Waals surface area (Å²) < 4.78 is 2.56. The van der Waals surface area contributed by atoms with Crippen molar-refractivity contribution in [2.75, 3.05) is 0 Å². The predicted octanol–water partition coefficient (Wildman–Crippen LogP) is 2.54. The number of nitrogens with one attached hydrogen (secondary N) is 1. The molecule has 4 nitrogen and oxygen atoms in total. The lowest BCUT2D eigenvalue weighted by Gasteiger charge is -2.03. The van der Waals surface area contributed by atoms with Crippen LogP contribution in [0.25, 0.3) is 11.2 Å². The summed E-state index contributed by atoms with van der Waals surface area (Å²) in [5.41, 5.74) is 2.88. The van der Waals surface area contributed by atoms with Gasteiger partial charge >= 0.3 is 0 Å². The Balaban J connectivity index is 2.08. The first-order valence-electron chi connectivity index (χ1n) is 5.27. The lowest BCUT2D eigenvalue weighted by molar-refractivity contribution is 0.813. The molecule has 0 aliphatic rings. The van der Waals surface area contributed by atoms with Crippen molar-refractivity contribution in [3.05, 3.63) is 53.2 Å². The number of nitrogens with zero attached hydrogens (tertiary/aromatic N) is 3. The average molecular weight is 242 g/mol. The van der Waals surface area contributed by atoms with E-state index in [1.54, 1.807) is 12.7 Å². The molecule has 2 aromatic heterocycles. The van der Waals surface area contributed by atoms with Crippen LogP contribution in [0.15, 0.2) is 43.0 Å². The topological polar surface area (TPSA) is 46.5 Å². The Kier molecular flexibility index (Phi) is 2.45. The first kappa shape index (κ1) is 10.2. The van der Waals surface area contributed by atoms with E-state index in [4.69, 9.17) is 12.2 Å². The van der Waals surface area contributed by atoms with Gasteiger partial charge in [-0.05, 0) is 5.56 Å². The third-order valence-corrected chi connectivity index (χ3v) is 2.92. The van der Waals surface area contributed by atoms with Crippen molar-refractivity contribution >= 4 is 23.4 Å². The minimum absolute atomic E-state index is 0.533. The fourth-order valence-electron chi connectivity index (χ4n) is 1.80. The minimum atomic E-state index is 0.533. The van der Waals surface area contributed by atoms with Crippen molar-refractivity contribution in [3.63, 3.8) is 0 Å². The van der Waals surface area contributed by atoms with Gasteiger partial charge in [0.05, 0.1) is 19.2 Å². The summed E-state index contributed by atoms with van der Waals surface area (Å²) in [6.07, 6.45) is 3.39. The third kappa shape index (κ3) is 1.85. The molecule has 1 aromatic carbocycles. The van der Waals surface area contributed by atoms with Crippen molar-refractivity contribution in [1.82, 2.24) is 19.5 Å². The molecule has 0 bridgehead atoms. The lowest BCUT2D eigenvalue weighted by atomic mass is 10.2. The quantitative estimate of drug-likeness (QED) is 0.702. The van der Waals surface area contributed by atoms with Gasteiger partial charge in [-0.25, -0.2) is 9.97 Å². The predicted molar refractivity (Wildman–Crippen MR) is 68.3 cm³/mol. The molecule has 0 unspecified atom stereocenters. The summed E-state index contributed by atoms with van der Waals surface area (Å²) in [5.74, 6) is 0. The zero-order valence-corrected chi connectivity index (χ0v) is 9.81. The zero-order valence-electron chi connectivity index (χ0n) is 9.00. The van der Waals surface area contributed by atoms with Crippen molar-refractivity contribution in [3.8, 4) is 0 Å². The van der Waals surface area contributed by atoms with Gasteiger partial charge in [0.2, 0.25) is 0 Å². The molecule has 0 fully saturated rings. The number of benzene rings is 1. The molecule has 0 saturated carbocycles. The highest BCUT2D eigenvalue weighted by Gasteiger charge is 2.04. The molecule has 3 aromatic rings. The Bertz CT molecular complexity index is 699. The Morgan fingerprint density at radius 3 is 2.82 bits per heavy atom. The van der Waals surface area contributed by atoms with Gasteiger partial charge in [0.25, 0.3) is 0 Å². The number of fused-ring (bicyclic) bond motifs is 1. The second-order valence-electron chi connectivity index (χ2n) is 3.76. The maximum absolute atomic E-state index is 5.12. The van der Waals surface area contributed by atoms with Crippen molar-refractivity contribution in [1.29, 1.82) is 0 Å². The van der Waals surface area contributed by atoms with Crippen LogP contribution in [0.1, 0.15) is 5.56 Å². The summed E-state index contributed by atoms with van der Waals surface area (Å²) in [6.45, 7) is 0.770.